The van der Waals surface area contributed by atoms with Crippen LogP contribution in [0.3, 0.4) is 0 Å². The molecule has 2 heterocycles. The fraction of sp³-hybridized carbons (Fsp3) is 0.625. The van der Waals surface area contributed by atoms with Crippen LogP contribution in [0.25, 0.3) is 0 Å². The summed E-state index contributed by atoms with van der Waals surface area (Å²) < 4.78 is 46.7. The fourth-order valence-electron chi connectivity index (χ4n) is 5.60. The Morgan fingerprint density at radius 2 is 1.91 bits per heavy atom. The molecule has 35 heavy (non-hydrogen) atoms. The summed E-state index contributed by atoms with van der Waals surface area (Å²) in [6.07, 6.45) is 0.529. The summed E-state index contributed by atoms with van der Waals surface area (Å²) in [4.78, 5) is 33.2. The fourth-order valence-corrected chi connectivity index (χ4v) is 5.73. The van der Waals surface area contributed by atoms with Crippen LogP contribution < -0.4 is 5.32 Å². The van der Waals surface area contributed by atoms with Gasteiger partial charge >= 0.3 is 6.18 Å². The standard InChI is InChI=1S/C24H28ClF3N4O3/c1-12(25)20(30-22-18(24(26,27)28)7-14(10-29-22)13-3-4-13)23(34)31-5-6-32(19(33)11-31)15-8-16-17(9-15)21(16)35-2/h7,10,13,15-17,21H,3-6,8-9,11H2,1-2H3,(H,29,30)/b20-12+. The number of anilines is 1. The van der Waals surface area contributed by atoms with Crippen molar-refractivity contribution in [1.29, 1.82) is 0 Å². The van der Waals surface area contributed by atoms with E-state index in [1.807, 2.05) is 4.90 Å². The lowest BCUT2D eigenvalue weighted by Gasteiger charge is -2.38. The van der Waals surface area contributed by atoms with Gasteiger partial charge in [0.1, 0.15) is 18.1 Å². The predicted molar refractivity (Wildman–Crippen MR) is 122 cm³/mol. The molecule has 1 aromatic rings. The van der Waals surface area contributed by atoms with Crippen LogP contribution in [-0.4, -0.2) is 65.5 Å². The van der Waals surface area contributed by atoms with Crippen molar-refractivity contribution in [2.75, 3.05) is 32.1 Å². The van der Waals surface area contributed by atoms with E-state index < -0.39 is 23.5 Å². The third-order valence-electron chi connectivity index (χ3n) is 7.66. The molecule has 3 saturated carbocycles. The molecule has 2 unspecified atom stereocenters. The molecule has 1 saturated heterocycles. The van der Waals surface area contributed by atoms with Crippen molar-refractivity contribution in [2.24, 2.45) is 11.8 Å². The number of rotatable bonds is 6. The highest BCUT2D eigenvalue weighted by atomic mass is 35.5. The van der Waals surface area contributed by atoms with Crippen molar-refractivity contribution in [3.8, 4) is 0 Å². The Labute approximate surface area is 206 Å². The molecule has 0 spiro atoms. The second-order valence-electron chi connectivity index (χ2n) is 9.94. The van der Waals surface area contributed by atoms with Crippen LogP contribution in [0.4, 0.5) is 19.0 Å². The van der Waals surface area contributed by atoms with Gasteiger partial charge in [-0.25, -0.2) is 4.98 Å². The lowest BCUT2D eigenvalue weighted by molar-refractivity contribution is -0.145. The molecule has 2 atom stereocenters. The van der Waals surface area contributed by atoms with Crippen molar-refractivity contribution in [1.82, 2.24) is 14.8 Å². The minimum atomic E-state index is -4.65. The summed E-state index contributed by atoms with van der Waals surface area (Å²) >= 11 is 6.14. The van der Waals surface area contributed by atoms with Gasteiger partial charge < -0.3 is 19.9 Å². The normalized spacial score (nSPS) is 29.1. The molecule has 0 aromatic carbocycles. The monoisotopic (exact) mass is 512 g/mol. The van der Waals surface area contributed by atoms with Crippen LogP contribution in [-0.2, 0) is 20.5 Å². The number of piperazine rings is 1. The molecule has 5 rings (SSSR count). The highest BCUT2D eigenvalue weighted by Gasteiger charge is 2.58. The van der Waals surface area contributed by atoms with Gasteiger partial charge in [0, 0.05) is 37.5 Å². The number of fused-ring (bicyclic) bond motifs is 1. The predicted octanol–water partition coefficient (Wildman–Crippen LogP) is 3.95. The van der Waals surface area contributed by atoms with Crippen LogP contribution >= 0.6 is 11.6 Å². The van der Waals surface area contributed by atoms with Crippen molar-refractivity contribution >= 4 is 29.2 Å². The van der Waals surface area contributed by atoms with Gasteiger partial charge in [-0.2, -0.15) is 13.2 Å². The number of pyridine rings is 1. The van der Waals surface area contributed by atoms with Gasteiger partial charge in [-0.1, -0.05) is 11.6 Å². The summed E-state index contributed by atoms with van der Waals surface area (Å²) in [6, 6.07) is 1.23. The number of carbonyl (C=O) groups is 2. The minimum Gasteiger partial charge on any atom is -0.381 e. The quantitative estimate of drug-likeness (QED) is 0.584. The number of nitrogens with one attached hydrogen (secondary N) is 1. The number of carbonyl (C=O) groups excluding carboxylic acids is 2. The van der Waals surface area contributed by atoms with E-state index in [9.17, 15) is 22.8 Å². The third-order valence-corrected chi connectivity index (χ3v) is 7.85. The van der Waals surface area contributed by atoms with Crippen LogP contribution in [0.5, 0.6) is 0 Å². The van der Waals surface area contributed by atoms with Crippen molar-refractivity contribution in [2.45, 2.75) is 56.8 Å². The molecule has 1 aliphatic heterocycles. The number of hydrogen-bond acceptors (Lipinski definition) is 5. The number of halogens is 4. The van der Waals surface area contributed by atoms with E-state index in [4.69, 9.17) is 16.3 Å². The van der Waals surface area contributed by atoms with Crippen LogP contribution in [0.1, 0.15) is 49.7 Å². The van der Waals surface area contributed by atoms with E-state index in [-0.39, 0.29) is 41.7 Å². The minimum absolute atomic E-state index is 0.00689. The summed E-state index contributed by atoms with van der Waals surface area (Å²) in [5.41, 5.74) is -0.624. The lowest BCUT2D eigenvalue weighted by Crippen LogP contribution is -2.55. The average Bonchev–Trinajstić information content (AvgIpc) is 3.72. The largest absolute Gasteiger partial charge is 0.419 e. The van der Waals surface area contributed by atoms with Gasteiger partial charge in [-0.05, 0) is 62.0 Å². The number of alkyl halides is 3. The Morgan fingerprint density at radius 3 is 2.46 bits per heavy atom. The molecule has 4 fully saturated rings. The first-order chi connectivity index (χ1) is 16.6. The molecular formula is C24H28ClF3N4O3. The molecule has 4 aliphatic rings. The van der Waals surface area contributed by atoms with Crippen LogP contribution in [0.15, 0.2) is 23.0 Å². The molecule has 11 heteroatoms. The lowest BCUT2D eigenvalue weighted by atomic mass is 10.1. The number of aromatic nitrogens is 1. The van der Waals surface area contributed by atoms with E-state index in [1.54, 1.807) is 7.11 Å². The molecule has 2 amide bonds. The maximum Gasteiger partial charge on any atom is 0.419 e. The van der Waals surface area contributed by atoms with Gasteiger partial charge in [-0.15, -0.1) is 0 Å². The van der Waals surface area contributed by atoms with E-state index in [1.165, 1.54) is 18.0 Å². The molecule has 190 valence electrons. The maximum absolute atomic E-state index is 13.8. The van der Waals surface area contributed by atoms with Crippen molar-refractivity contribution in [3.05, 3.63) is 34.1 Å². The maximum atomic E-state index is 13.8. The molecular weight excluding hydrogens is 485 g/mol. The summed E-state index contributed by atoms with van der Waals surface area (Å²) in [5, 5.41) is 2.52. The van der Waals surface area contributed by atoms with Crippen LogP contribution in [0, 0.1) is 11.8 Å². The third kappa shape index (κ3) is 4.74. The Hall–Kier alpha value is -2.33. The van der Waals surface area contributed by atoms with E-state index in [0.717, 1.165) is 31.7 Å². The first-order valence-corrected chi connectivity index (χ1v) is 12.3. The number of nitrogens with zero attached hydrogens (tertiary/aromatic N) is 3. The summed E-state index contributed by atoms with van der Waals surface area (Å²) in [5.74, 6) is -0.182. The smallest absolute Gasteiger partial charge is 0.381 e. The van der Waals surface area contributed by atoms with Gasteiger partial charge in [0.15, 0.2) is 0 Å². The second kappa shape index (κ2) is 8.96. The topological polar surface area (TPSA) is 74.8 Å². The summed E-state index contributed by atoms with van der Waals surface area (Å²) in [6.45, 7) is 1.93. The molecule has 0 radical (unpaired) electrons. The van der Waals surface area contributed by atoms with Gasteiger partial charge in [0.2, 0.25) is 5.91 Å². The molecule has 7 nitrogen and oxygen atoms in total. The van der Waals surface area contributed by atoms with Gasteiger partial charge in [0.25, 0.3) is 5.91 Å². The second-order valence-corrected chi connectivity index (χ2v) is 10.5. The highest BCUT2D eigenvalue weighted by molar-refractivity contribution is 6.31. The van der Waals surface area contributed by atoms with E-state index in [0.29, 0.717) is 30.0 Å². The number of hydrogen-bond donors (Lipinski definition) is 1. The first-order valence-electron chi connectivity index (χ1n) is 11.9. The summed E-state index contributed by atoms with van der Waals surface area (Å²) in [7, 11) is 1.71. The SMILES string of the molecule is COC1C2CC(N3CCN(C(=O)/C(Nc4ncc(C5CC5)cc4C(F)(F)F)=C(/C)Cl)CC3=O)CC21. The average molecular weight is 513 g/mol. The van der Waals surface area contributed by atoms with Gasteiger partial charge in [0.05, 0.1) is 11.7 Å². The molecule has 1 aromatic heterocycles. The molecule has 3 aliphatic carbocycles. The van der Waals surface area contributed by atoms with Crippen molar-refractivity contribution < 1.29 is 27.5 Å². The first kappa shape index (κ1) is 24.4. The van der Waals surface area contributed by atoms with Gasteiger partial charge in [-0.3, -0.25) is 9.59 Å². The number of ether oxygens (including phenoxy) is 1. The Kier molecular flexibility index (Phi) is 6.24. The molecule has 1 N–H and O–H groups in total. The van der Waals surface area contributed by atoms with E-state index in [2.05, 4.69) is 10.3 Å². The molecule has 0 bridgehead atoms. The number of allylic oxidation sites excluding steroid dienone is 1. The Bertz CT molecular complexity index is 1060. The Morgan fingerprint density at radius 1 is 1.23 bits per heavy atom. The number of methoxy groups -OCH3 is 1. The zero-order valence-electron chi connectivity index (χ0n) is 19.6. The van der Waals surface area contributed by atoms with E-state index >= 15 is 0 Å². The zero-order valence-corrected chi connectivity index (χ0v) is 20.3. The van der Waals surface area contributed by atoms with Crippen LogP contribution in [0.2, 0.25) is 0 Å². The zero-order chi connectivity index (χ0) is 25.1. The van der Waals surface area contributed by atoms with Crippen molar-refractivity contribution in [3.63, 3.8) is 0 Å². The Balaban J connectivity index is 1.27. The number of amides is 2. The highest BCUT2D eigenvalue weighted by Crippen LogP contribution is 2.55.